The van der Waals surface area contributed by atoms with Gasteiger partial charge in [-0.1, -0.05) is 30.1 Å². The van der Waals surface area contributed by atoms with Crippen molar-refractivity contribution >= 4 is 34.9 Å². The van der Waals surface area contributed by atoms with Gasteiger partial charge in [-0.15, -0.1) is 0 Å². The number of piperidine rings is 1. The van der Waals surface area contributed by atoms with E-state index < -0.39 is 5.82 Å². The maximum absolute atomic E-state index is 13.1. The van der Waals surface area contributed by atoms with E-state index >= 15 is 0 Å². The first kappa shape index (κ1) is 14.4. The number of anilines is 1. The van der Waals surface area contributed by atoms with E-state index in [4.69, 9.17) is 23.2 Å². The fraction of sp³-hybridized carbons (Fsp3) is 0.462. The van der Waals surface area contributed by atoms with Gasteiger partial charge in [0.2, 0.25) is 0 Å². The Morgan fingerprint density at radius 2 is 1.84 bits per heavy atom. The number of carbonyl (C=O) groups excluding carboxylic acids is 1. The minimum atomic E-state index is -0.528. The zero-order valence-corrected chi connectivity index (χ0v) is 12.1. The van der Waals surface area contributed by atoms with Crippen LogP contribution in [0.1, 0.15) is 19.8 Å². The van der Waals surface area contributed by atoms with Gasteiger partial charge in [-0.25, -0.2) is 9.18 Å². The number of likely N-dealkylation sites (tertiary alicyclic amines) is 1. The summed E-state index contributed by atoms with van der Waals surface area (Å²) in [5, 5.41) is 2.85. The van der Waals surface area contributed by atoms with Crippen LogP contribution in [0.2, 0.25) is 10.0 Å². The molecule has 0 atom stereocenters. The molecule has 2 amide bonds. The molecule has 1 N–H and O–H groups in total. The summed E-state index contributed by atoms with van der Waals surface area (Å²) in [4.78, 5) is 13.8. The van der Waals surface area contributed by atoms with Crippen LogP contribution in [0.5, 0.6) is 0 Å². The maximum atomic E-state index is 13.1. The Kier molecular flexibility index (Phi) is 4.53. The Bertz CT molecular complexity index is 465. The number of nitrogens with one attached hydrogen (secondary N) is 1. The smallest absolute Gasteiger partial charge is 0.321 e. The monoisotopic (exact) mass is 304 g/mol. The highest BCUT2D eigenvalue weighted by Crippen LogP contribution is 2.31. The van der Waals surface area contributed by atoms with E-state index in [1.165, 1.54) is 0 Å². The van der Waals surface area contributed by atoms with Gasteiger partial charge in [0.15, 0.2) is 0 Å². The molecule has 0 bridgehead atoms. The molecule has 1 saturated heterocycles. The largest absolute Gasteiger partial charge is 0.325 e. The molecule has 6 heteroatoms. The molecule has 1 aliphatic rings. The second kappa shape index (κ2) is 5.97. The number of urea groups is 1. The molecule has 0 unspecified atom stereocenters. The second-order valence-electron chi connectivity index (χ2n) is 4.84. The number of halogens is 3. The maximum Gasteiger partial charge on any atom is 0.321 e. The molecule has 1 fully saturated rings. The van der Waals surface area contributed by atoms with Gasteiger partial charge in [0.25, 0.3) is 0 Å². The molecular weight excluding hydrogens is 290 g/mol. The highest BCUT2D eigenvalue weighted by Gasteiger charge is 2.21. The van der Waals surface area contributed by atoms with Crippen LogP contribution in [0.4, 0.5) is 14.9 Å². The van der Waals surface area contributed by atoms with Crippen LogP contribution in [0.15, 0.2) is 12.1 Å². The first-order valence-electron chi connectivity index (χ1n) is 6.18. The van der Waals surface area contributed by atoms with E-state index in [1.54, 1.807) is 4.90 Å². The van der Waals surface area contributed by atoms with Gasteiger partial charge in [0, 0.05) is 13.1 Å². The minimum Gasteiger partial charge on any atom is -0.325 e. The SMILES string of the molecule is CC1CCN(C(=O)Nc2c(Cl)cc(F)cc2Cl)CC1. The van der Waals surface area contributed by atoms with E-state index in [0.29, 0.717) is 19.0 Å². The molecule has 3 nitrogen and oxygen atoms in total. The summed E-state index contributed by atoms with van der Waals surface area (Å²) in [6.07, 6.45) is 1.97. The zero-order valence-electron chi connectivity index (χ0n) is 10.5. The van der Waals surface area contributed by atoms with E-state index in [1.807, 2.05) is 0 Å². The van der Waals surface area contributed by atoms with Gasteiger partial charge in [0.05, 0.1) is 15.7 Å². The Labute approximate surface area is 121 Å². The molecule has 1 aromatic rings. The molecule has 104 valence electrons. The summed E-state index contributed by atoms with van der Waals surface area (Å²) in [6.45, 7) is 3.59. The summed E-state index contributed by atoms with van der Waals surface area (Å²) < 4.78 is 13.1. The molecule has 0 saturated carbocycles. The van der Waals surface area contributed by atoms with Crippen LogP contribution in [-0.2, 0) is 0 Å². The van der Waals surface area contributed by atoms with Crippen molar-refractivity contribution in [1.82, 2.24) is 4.90 Å². The number of hydrogen-bond acceptors (Lipinski definition) is 1. The third kappa shape index (κ3) is 3.51. The molecule has 0 spiro atoms. The fourth-order valence-corrected chi connectivity index (χ4v) is 2.61. The molecule has 0 radical (unpaired) electrons. The first-order valence-corrected chi connectivity index (χ1v) is 6.93. The van der Waals surface area contributed by atoms with Gasteiger partial charge < -0.3 is 10.2 Å². The first-order chi connectivity index (χ1) is 8.97. The van der Waals surface area contributed by atoms with E-state index in [9.17, 15) is 9.18 Å². The van der Waals surface area contributed by atoms with Gasteiger partial charge in [0.1, 0.15) is 5.82 Å². The van der Waals surface area contributed by atoms with Gasteiger partial charge >= 0.3 is 6.03 Å². The summed E-state index contributed by atoms with van der Waals surface area (Å²) in [5.41, 5.74) is 0.258. The quantitative estimate of drug-likeness (QED) is 0.819. The van der Waals surface area contributed by atoms with Crippen LogP contribution in [0, 0.1) is 11.7 Å². The average Bonchev–Trinajstić information content (AvgIpc) is 2.34. The predicted octanol–water partition coefficient (Wildman–Crippen LogP) is 4.40. The lowest BCUT2D eigenvalue weighted by molar-refractivity contribution is 0.186. The minimum absolute atomic E-state index is 0.101. The number of benzene rings is 1. The van der Waals surface area contributed by atoms with E-state index in [0.717, 1.165) is 25.0 Å². The van der Waals surface area contributed by atoms with Crippen LogP contribution < -0.4 is 5.32 Å². The molecule has 1 aromatic carbocycles. The second-order valence-corrected chi connectivity index (χ2v) is 5.66. The number of hydrogen-bond donors (Lipinski definition) is 1. The lowest BCUT2D eigenvalue weighted by atomic mass is 10.00. The van der Waals surface area contributed by atoms with Crippen molar-refractivity contribution in [3.05, 3.63) is 28.0 Å². The molecule has 19 heavy (non-hydrogen) atoms. The predicted molar refractivity (Wildman–Crippen MR) is 75.4 cm³/mol. The van der Waals surface area contributed by atoms with E-state index in [-0.39, 0.29) is 21.8 Å². The van der Waals surface area contributed by atoms with Gasteiger partial charge in [-0.05, 0) is 30.9 Å². The molecule has 0 aliphatic carbocycles. The standard InChI is InChI=1S/C13H15Cl2FN2O/c1-8-2-4-18(5-3-8)13(19)17-12-10(14)6-9(16)7-11(12)15/h6-8H,2-5H2,1H3,(H,17,19). The normalized spacial score (nSPS) is 16.5. The summed E-state index contributed by atoms with van der Waals surface area (Å²) >= 11 is 11.8. The van der Waals surface area contributed by atoms with Crippen molar-refractivity contribution in [2.75, 3.05) is 18.4 Å². The van der Waals surface area contributed by atoms with Crippen molar-refractivity contribution in [2.24, 2.45) is 5.92 Å². The molecule has 1 heterocycles. The van der Waals surface area contributed by atoms with Crippen molar-refractivity contribution in [2.45, 2.75) is 19.8 Å². The summed E-state index contributed by atoms with van der Waals surface area (Å²) in [5.74, 6) is 0.113. The molecule has 2 rings (SSSR count). The van der Waals surface area contributed by atoms with Crippen molar-refractivity contribution in [1.29, 1.82) is 0 Å². The highest BCUT2D eigenvalue weighted by atomic mass is 35.5. The van der Waals surface area contributed by atoms with Gasteiger partial charge in [-0.2, -0.15) is 0 Å². The fourth-order valence-electron chi connectivity index (χ4n) is 2.06. The molecule has 1 aliphatic heterocycles. The Hall–Kier alpha value is -1.00. The Morgan fingerprint density at radius 3 is 2.37 bits per heavy atom. The van der Waals surface area contributed by atoms with Crippen molar-refractivity contribution in [3.63, 3.8) is 0 Å². The lowest BCUT2D eigenvalue weighted by Gasteiger charge is -2.30. The number of nitrogens with zero attached hydrogens (tertiary/aromatic N) is 1. The third-order valence-corrected chi connectivity index (χ3v) is 3.91. The van der Waals surface area contributed by atoms with Crippen LogP contribution in [0.25, 0.3) is 0 Å². The number of rotatable bonds is 1. The van der Waals surface area contributed by atoms with Crippen LogP contribution in [-0.4, -0.2) is 24.0 Å². The van der Waals surface area contributed by atoms with Crippen LogP contribution in [0.3, 0.4) is 0 Å². The number of amides is 2. The van der Waals surface area contributed by atoms with Crippen LogP contribution >= 0.6 is 23.2 Å². The zero-order chi connectivity index (χ0) is 14.0. The Morgan fingerprint density at radius 1 is 1.32 bits per heavy atom. The van der Waals surface area contributed by atoms with Gasteiger partial charge in [-0.3, -0.25) is 0 Å². The molecular formula is C13H15Cl2FN2O. The van der Waals surface area contributed by atoms with Crippen molar-refractivity contribution in [3.8, 4) is 0 Å². The highest BCUT2D eigenvalue weighted by molar-refractivity contribution is 6.39. The summed E-state index contributed by atoms with van der Waals surface area (Å²) in [7, 11) is 0. The third-order valence-electron chi connectivity index (χ3n) is 3.31. The Balaban J connectivity index is 2.07. The summed E-state index contributed by atoms with van der Waals surface area (Å²) in [6, 6.07) is 2.00. The number of carbonyl (C=O) groups is 1. The van der Waals surface area contributed by atoms with E-state index in [2.05, 4.69) is 12.2 Å². The average molecular weight is 305 g/mol. The van der Waals surface area contributed by atoms with Crippen molar-refractivity contribution < 1.29 is 9.18 Å². The molecule has 0 aromatic heterocycles. The topological polar surface area (TPSA) is 32.3 Å². The lowest BCUT2D eigenvalue weighted by Crippen LogP contribution is -2.40.